The minimum absolute atomic E-state index is 0.661. The van der Waals surface area contributed by atoms with Gasteiger partial charge in [-0.2, -0.15) is 0 Å². The molecule has 2 heteroatoms. The maximum atomic E-state index is 3.48. The van der Waals surface area contributed by atoms with Crippen molar-refractivity contribution in [3.05, 3.63) is 22.4 Å². The lowest BCUT2D eigenvalue weighted by molar-refractivity contribution is 0.513. The zero-order valence-corrected chi connectivity index (χ0v) is 8.66. The third-order valence-corrected chi connectivity index (χ3v) is 2.91. The molecule has 0 saturated carbocycles. The third kappa shape index (κ3) is 2.95. The van der Waals surface area contributed by atoms with Crippen LogP contribution in [0.5, 0.6) is 0 Å². The van der Waals surface area contributed by atoms with Crippen LogP contribution in [0.3, 0.4) is 0 Å². The summed E-state index contributed by atoms with van der Waals surface area (Å²) in [4.78, 5) is 1.49. The molecule has 1 aromatic heterocycles. The number of nitrogens with one attached hydrogen (secondary N) is 1. The first kappa shape index (κ1) is 9.75. The van der Waals surface area contributed by atoms with Gasteiger partial charge in [-0.15, -0.1) is 11.3 Å². The Balaban J connectivity index is 2.37. The molecule has 1 rings (SSSR count). The number of thiophene rings is 1. The molecule has 0 bridgehead atoms. The van der Waals surface area contributed by atoms with Crippen LogP contribution in [0.4, 0.5) is 0 Å². The van der Waals surface area contributed by atoms with Gasteiger partial charge in [0.05, 0.1) is 0 Å². The molecule has 0 aliphatic carbocycles. The largest absolute Gasteiger partial charge is 0.314 e. The Labute approximate surface area is 78.8 Å². The second-order valence-corrected chi connectivity index (χ2v) is 3.98. The second kappa shape index (κ2) is 5.33. The molecule has 1 heterocycles. The molecule has 68 valence electrons. The van der Waals surface area contributed by atoms with Gasteiger partial charge in [-0.05, 0) is 30.8 Å². The van der Waals surface area contributed by atoms with E-state index in [1.54, 1.807) is 0 Å². The molecule has 1 N–H and O–H groups in total. The van der Waals surface area contributed by atoms with Gasteiger partial charge >= 0.3 is 0 Å². The lowest BCUT2D eigenvalue weighted by atomic mass is 10.1. The Bertz CT molecular complexity index is 194. The fourth-order valence-corrected chi connectivity index (χ4v) is 2.11. The topological polar surface area (TPSA) is 12.0 Å². The molecule has 0 spiro atoms. The zero-order chi connectivity index (χ0) is 8.81. The number of likely N-dealkylation sites (N-methyl/N-ethyl adjacent to an activating group) is 1. The van der Waals surface area contributed by atoms with Crippen molar-refractivity contribution < 1.29 is 0 Å². The molecule has 0 aliphatic rings. The van der Waals surface area contributed by atoms with Gasteiger partial charge in [-0.25, -0.2) is 0 Å². The van der Waals surface area contributed by atoms with Crippen LogP contribution in [0.25, 0.3) is 0 Å². The molecule has 0 aromatic carbocycles. The highest BCUT2D eigenvalue weighted by Gasteiger charge is 2.05. The molecule has 1 unspecified atom stereocenters. The summed E-state index contributed by atoms with van der Waals surface area (Å²) >= 11 is 1.85. The van der Waals surface area contributed by atoms with Crippen LogP contribution in [0, 0.1) is 0 Å². The van der Waals surface area contributed by atoms with E-state index in [1.165, 1.54) is 17.7 Å². The van der Waals surface area contributed by atoms with Gasteiger partial charge in [0.15, 0.2) is 0 Å². The third-order valence-electron chi connectivity index (χ3n) is 2.01. The number of hydrogen-bond acceptors (Lipinski definition) is 2. The summed E-state index contributed by atoms with van der Waals surface area (Å²) in [5.41, 5.74) is 0. The smallest absolute Gasteiger partial charge is 0.0113 e. The monoisotopic (exact) mass is 183 g/mol. The van der Waals surface area contributed by atoms with Crippen LogP contribution in [0.2, 0.25) is 0 Å². The van der Waals surface area contributed by atoms with Crippen molar-refractivity contribution in [1.82, 2.24) is 5.32 Å². The van der Waals surface area contributed by atoms with Gasteiger partial charge in [0.1, 0.15) is 0 Å². The van der Waals surface area contributed by atoms with E-state index in [1.807, 2.05) is 11.3 Å². The van der Waals surface area contributed by atoms with Gasteiger partial charge in [0, 0.05) is 10.9 Å². The van der Waals surface area contributed by atoms with E-state index in [4.69, 9.17) is 0 Å². The first-order chi connectivity index (χ1) is 5.86. The maximum absolute atomic E-state index is 3.48. The van der Waals surface area contributed by atoms with E-state index in [2.05, 4.69) is 36.7 Å². The number of rotatable bonds is 5. The minimum atomic E-state index is 0.661. The maximum Gasteiger partial charge on any atom is 0.0113 e. The van der Waals surface area contributed by atoms with E-state index in [0.717, 1.165) is 6.54 Å². The highest BCUT2D eigenvalue weighted by molar-refractivity contribution is 7.09. The van der Waals surface area contributed by atoms with Gasteiger partial charge in [-0.3, -0.25) is 0 Å². The highest BCUT2D eigenvalue weighted by Crippen LogP contribution is 2.12. The van der Waals surface area contributed by atoms with Crippen LogP contribution in [-0.4, -0.2) is 12.6 Å². The first-order valence-corrected chi connectivity index (χ1v) is 5.50. The fourth-order valence-electron chi connectivity index (χ4n) is 1.32. The van der Waals surface area contributed by atoms with Crippen molar-refractivity contribution in [2.45, 2.75) is 32.7 Å². The summed E-state index contributed by atoms with van der Waals surface area (Å²) in [6.07, 6.45) is 2.40. The van der Waals surface area contributed by atoms with E-state index >= 15 is 0 Å². The second-order valence-electron chi connectivity index (χ2n) is 2.95. The fraction of sp³-hybridized carbons (Fsp3) is 0.600. The molecule has 1 aromatic rings. The van der Waals surface area contributed by atoms with Gasteiger partial charge in [-0.1, -0.05) is 19.9 Å². The predicted octanol–water partition coefficient (Wildman–Crippen LogP) is 2.68. The molecular formula is C10H17NS. The van der Waals surface area contributed by atoms with Crippen LogP contribution >= 0.6 is 11.3 Å². The zero-order valence-electron chi connectivity index (χ0n) is 7.84. The van der Waals surface area contributed by atoms with Crippen LogP contribution < -0.4 is 5.32 Å². The standard InChI is InChI=1S/C10H17NS/c1-3-9(11-4-2)8-10-6-5-7-12-10/h5-7,9,11H,3-4,8H2,1-2H3. The summed E-state index contributed by atoms with van der Waals surface area (Å²) < 4.78 is 0. The van der Waals surface area contributed by atoms with E-state index < -0.39 is 0 Å². The number of hydrogen-bond donors (Lipinski definition) is 1. The summed E-state index contributed by atoms with van der Waals surface area (Å²) in [7, 11) is 0. The molecule has 1 atom stereocenters. The molecule has 12 heavy (non-hydrogen) atoms. The quantitative estimate of drug-likeness (QED) is 0.740. The van der Waals surface area contributed by atoms with E-state index in [-0.39, 0.29) is 0 Å². The Morgan fingerprint density at radius 1 is 1.50 bits per heavy atom. The summed E-state index contributed by atoms with van der Waals surface area (Å²) in [5.74, 6) is 0. The van der Waals surface area contributed by atoms with Crippen LogP contribution in [0.1, 0.15) is 25.1 Å². The summed E-state index contributed by atoms with van der Waals surface area (Å²) in [6.45, 7) is 5.47. The Morgan fingerprint density at radius 3 is 2.83 bits per heavy atom. The van der Waals surface area contributed by atoms with Crippen molar-refractivity contribution >= 4 is 11.3 Å². The average Bonchev–Trinajstić information content (AvgIpc) is 2.56. The molecule has 0 fully saturated rings. The van der Waals surface area contributed by atoms with Gasteiger partial charge in [0.2, 0.25) is 0 Å². The van der Waals surface area contributed by atoms with E-state index in [0.29, 0.717) is 6.04 Å². The van der Waals surface area contributed by atoms with Gasteiger partial charge < -0.3 is 5.32 Å². The van der Waals surface area contributed by atoms with Crippen molar-refractivity contribution in [2.75, 3.05) is 6.54 Å². The SMILES string of the molecule is CCNC(CC)Cc1cccs1. The van der Waals surface area contributed by atoms with Crippen molar-refractivity contribution in [2.24, 2.45) is 0 Å². The van der Waals surface area contributed by atoms with Gasteiger partial charge in [0.25, 0.3) is 0 Å². The highest BCUT2D eigenvalue weighted by atomic mass is 32.1. The minimum Gasteiger partial charge on any atom is -0.314 e. The molecule has 0 amide bonds. The molecule has 0 aliphatic heterocycles. The van der Waals surface area contributed by atoms with Crippen molar-refractivity contribution in [1.29, 1.82) is 0 Å². The van der Waals surface area contributed by atoms with Crippen LogP contribution in [0.15, 0.2) is 17.5 Å². The van der Waals surface area contributed by atoms with E-state index in [9.17, 15) is 0 Å². The summed E-state index contributed by atoms with van der Waals surface area (Å²) in [6, 6.07) is 5.00. The molecule has 0 saturated heterocycles. The lowest BCUT2D eigenvalue weighted by Crippen LogP contribution is -2.29. The molecule has 1 nitrogen and oxygen atoms in total. The Hall–Kier alpha value is -0.340. The Kier molecular flexibility index (Phi) is 4.33. The molecular weight excluding hydrogens is 166 g/mol. The lowest BCUT2D eigenvalue weighted by Gasteiger charge is -2.13. The predicted molar refractivity (Wildman–Crippen MR) is 55.8 cm³/mol. The van der Waals surface area contributed by atoms with Crippen molar-refractivity contribution in [3.8, 4) is 0 Å². The van der Waals surface area contributed by atoms with Crippen LogP contribution in [-0.2, 0) is 6.42 Å². The molecule has 0 radical (unpaired) electrons. The average molecular weight is 183 g/mol. The summed E-state index contributed by atoms with van der Waals surface area (Å²) in [5, 5.41) is 5.62. The first-order valence-electron chi connectivity index (χ1n) is 4.62. The Morgan fingerprint density at radius 2 is 2.33 bits per heavy atom. The normalized spacial score (nSPS) is 13.2. The van der Waals surface area contributed by atoms with Crippen molar-refractivity contribution in [3.63, 3.8) is 0 Å².